The zero-order valence-electron chi connectivity index (χ0n) is 19.2. The molecule has 1 aromatic carbocycles. The molecule has 2 atom stereocenters. The second-order valence-corrected chi connectivity index (χ2v) is 12.6. The highest BCUT2D eigenvalue weighted by molar-refractivity contribution is 7.89. The van der Waals surface area contributed by atoms with E-state index >= 15 is 0 Å². The molecule has 2 amide bonds. The number of hydrogen-bond donors (Lipinski definition) is 1. The normalized spacial score (nSPS) is 33.0. The number of rotatable bonds is 5. The van der Waals surface area contributed by atoms with Crippen molar-refractivity contribution in [3.8, 4) is 0 Å². The van der Waals surface area contributed by atoms with E-state index in [4.69, 9.17) is 0 Å². The SMILES string of the molecule is CC(=O)NC12CC3CC(C1)CC(C(=O)N1CCN(S(=O)(=O)c4ccc([N+](=O)[O-])cc4)CC1)(C3)C2. The number of nitro groups is 1. The summed E-state index contributed by atoms with van der Waals surface area (Å²) < 4.78 is 27.4. The minimum Gasteiger partial charge on any atom is -0.351 e. The highest BCUT2D eigenvalue weighted by atomic mass is 32.2. The van der Waals surface area contributed by atoms with E-state index in [0.29, 0.717) is 31.3 Å². The van der Waals surface area contributed by atoms with Crippen LogP contribution < -0.4 is 5.32 Å². The Morgan fingerprint density at radius 1 is 1.03 bits per heavy atom. The first kappa shape index (κ1) is 23.2. The van der Waals surface area contributed by atoms with Gasteiger partial charge in [-0.05, 0) is 62.5 Å². The van der Waals surface area contributed by atoms with Crippen LogP contribution in [0.3, 0.4) is 0 Å². The van der Waals surface area contributed by atoms with E-state index in [9.17, 15) is 28.1 Å². The average Bonchev–Trinajstić information content (AvgIpc) is 2.77. The topological polar surface area (TPSA) is 130 Å². The van der Waals surface area contributed by atoms with Crippen molar-refractivity contribution in [1.82, 2.24) is 14.5 Å². The van der Waals surface area contributed by atoms with Gasteiger partial charge in [0.2, 0.25) is 21.8 Å². The van der Waals surface area contributed by atoms with Crippen molar-refractivity contribution in [2.75, 3.05) is 26.2 Å². The Bertz CT molecular complexity index is 1110. The fourth-order valence-electron chi connectivity index (χ4n) is 7.39. The van der Waals surface area contributed by atoms with Crippen molar-refractivity contribution in [2.24, 2.45) is 17.3 Å². The van der Waals surface area contributed by atoms with Gasteiger partial charge in [0.15, 0.2) is 0 Å². The third-order valence-corrected chi connectivity index (χ3v) is 10.1. The average molecular weight is 491 g/mol. The highest BCUT2D eigenvalue weighted by Crippen LogP contribution is 2.62. The third kappa shape index (κ3) is 3.88. The van der Waals surface area contributed by atoms with E-state index in [1.54, 1.807) is 4.90 Å². The van der Waals surface area contributed by atoms with E-state index in [0.717, 1.165) is 32.1 Å². The van der Waals surface area contributed by atoms with Crippen molar-refractivity contribution in [3.63, 3.8) is 0 Å². The lowest BCUT2D eigenvalue weighted by Crippen LogP contribution is -2.66. The van der Waals surface area contributed by atoms with Crippen LogP contribution in [0.5, 0.6) is 0 Å². The fraction of sp³-hybridized carbons (Fsp3) is 0.652. The molecule has 11 heteroatoms. The van der Waals surface area contributed by atoms with Gasteiger partial charge in [-0.3, -0.25) is 19.7 Å². The van der Waals surface area contributed by atoms with Crippen LogP contribution in [0.25, 0.3) is 0 Å². The van der Waals surface area contributed by atoms with Crippen LogP contribution in [0.1, 0.15) is 45.4 Å². The molecular formula is C23H30N4O6S. The quantitative estimate of drug-likeness (QED) is 0.496. The summed E-state index contributed by atoms with van der Waals surface area (Å²) in [6.07, 6.45) is 5.39. The number of carbonyl (C=O) groups is 2. The summed E-state index contributed by atoms with van der Waals surface area (Å²) in [5, 5.41) is 14.0. The summed E-state index contributed by atoms with van der Waals surface area (Å²) in [7, 11) is -3.80. The second kappa shape index (κ2) is 8.01. The van der Waals surface area contributed by atoms with E-state index in [1.165, 1.54) is 35.5 Å². The van der Waals surface area contributed by atoms with E-state index in [-0.39, 0.29) is 41.0 Å². The highest BCUT2D eigenvalue weighted by Gasteiger charge is 2.61. The predicted octanol–water partition coefficient (Wildman–Crippen LogP) is 1.90. The summed E-state index contributed by atoms with van der Waals surface area (Å²) in [6, 6.07) is 4.87. The van der Waals surface area contributed by atoms with Crippen molar-refractivity contribution < 1.29 is 22.9 Å². The molecule has 34 heavy (non-hydrogen) atoms. The minimum absolute atomic E-state index is 0.0104. The van der Waals surface area contributed by atoms with Gasteiger partial charge in [-0.2, -0.15) is 4.31 Å². The molecule has 5 aliphatic rings. The molecule has 10 nitrogen and oxygen atoms in total. The van der Waals surface area contributed by atoms with Crippen LogP contribution in [0.4, 0.5) is 5.69 Å². The lowest BCUT2D eigenvalue weighted by atomic mass is 9.46. The van der Waals surface area contributed by atoms with Gasteiger partial charge in [0, 0.05) is 50.8 Å². The smallest absolute Gasteiger partial charge is 0.269 e. The van der Waals surface area contributed by atoms with Crippen LogP contribution in [0.15, 0.2) is 29.2 Å². The molecule has 6 rings (SSSR count). The maximum absolute atomic E-state index is 13.8. The van der Waals surface area contributed by atoms with Gasteiger partial charge in [-0.25, -0.2) is 8.42 Å². The Balaban J connectivity index is 1.28. The molecule has 5 fully saturated rings. The van der Waals surface area contributed by atoms with Gasteiger partial charge in [0.05, 0.1) is 15.2 Å². The summed E-state index contributed by atoms with van der Waals surface area (Å²) in [5.41, 5.74) is -0.916. The fourth-order valence-corrected chi connectivity index (χ4v) is 8.81. The van der Waals surface area contributed by atoms with E-state index < -0.39 is 20.4 Å². The Hall–Kier alpha value is -2.53. The number of nitrogens with zero attached hydrogens (tertiary/aromatic N) is 3. The summed E-state index contributed by atoms with van der Waals surface area (Å²) in [4.78, 5) is 37.8. The Labute approximate surface area is 198 Å². The zero-order chi connectivity index (χ0) is 24.3. The number of sulfonamides is 1. The summed E-state index contributed by atoms with van der Waals surface area (Å²) in [5.74, 6) is 0.944. The molecule has 0 radical (unpaired) electrons. The second-order valence-electron chi connectivity index (χ2n) is 10.7. The maximum atomic E-state index is 13.8. The molecule has 1 N–H and O–H groups in total. The Kier molecular flexibility index (Phi) is 5.47. The first-order valence-corrected chi connectivity index (χ1v) is 13.3. The molecule has 1 aliphatic heterocycles. The number of piperazine rings is 1. The number of hydrogen-bond acceptors (Lipinski definition) is 6. The van der Waals surface area contributed by atoms with Crippen LogP contribution in [0, 0.1) is 27.4 Å². The van der Waals surface area contributed by atoms with E-state index in [1.807, 2.05) is 0 Å². The largest absolute Gasteiger partial charge is 0.351 e. The molecule has 1 heterocycles. The van der Waals surface area contributed by atoms with E-state index in [2.05, 4.69) is 5.32 Å². The lowest BCUT2D eigenvalue weighted by molar-refractivity contribution is -0.384. The van der Waals surface area contributed by atoms with Crippen LogP contribution in [-0.2, 0) is 19.6 Å². The number of benzene rings is 1. The van der Waals surface area contributed by atoms with Crippen LogP contribution >= 0.6 is 0 Å². The summed E-state index contributed by atoms with van der Waals surface area (Å²) >= 11 is 0. The molecule has 1 aromatic rings. The molecule has 184 valence electrons. The molecule has 4 saturated carbocycles. The number of nitro benzene ring substituents is 1. The lowest BCUT2D eigenvalue weighted by Gasteiger charge is -2.62. The molecule has 1 saturated heterocycles. The van der Waals surface area contributed by atoms with Crippen LogP contribution in [-0.4, -0.2) is 66.1 Å². The number of non-ortho nitro benzene ring substituents is 1. The molecule has 4 bridgehead atoms. The number of carbonyl (C=O) groups excluding carboxylic acids is 2. The Morgan fingerprint density at radius 3 is 2.15 bits per heavy atom. The third-order valence-electron chi connectivity index (χ3n) is 8.17. The Morgan fingerprint density at radius 2 is 1.62 bits per heavy atom. The zero-order valence-corrected chi connectivity index (χ0v) is 20.1. The minimum atomic E-state index is -3.80. The molecule has 4 aliphatic carbocycles. The van der Waals surface area contributed by atoms with Gasteiger partial charge in [-0.15, -0.1) is 0 Å². The number of amides is 2. The van der Waals surface area contributed by atoms with Gasteiger partial charge in [-0.1, -0.05) is 0 Å². The summed E-state index contributed by atoms with van der Waals surface area (Å²) in [6.45, 7) is 2.54. The first-order valence-electron chi connectivity index (χ1n) is 11.8. The van der Waals surface area contributed by atoms with Crippen LogP contribution in [0.2, 0.25) is 0 Å². The predicted molar refractivity (Wildman–Crippen MR) is 122 cm³/mol. The van der Waals surface area contributed by atoms with Crippen molar-refractivity contribution in [2.45, 2.75) is 55.9 Å². The molecular weight excluding hydrogens is 460 g/mol. The van der Waals surface area contributed by atoms with Crippen molar-refractivity contribution in [3.05, 3.63) is 34.4 Å². The molecule has 0 spiro atoms. The van der Waals surface area contributed by atoms with Gasteiger partial charge >= 0.3 is 0 Å². The molecule has 2 unspecified atom stereocenters. The van der Waals surface area contributed by atoms with Gasteiger partial charge in [0.1, 0.15) is 0 Å². The van der Waals surface area contributed by atoms with Gasteiger partial charge in [0.25, 0.3) is 5.69 Å². The standard InChI is InChI=1S/C23H30N4O6S/c1-16(28)24-23-13-17-10-18(14-23)12-22(11-17,15-23)21(29)25-6-8-26(9-7-25)34(32,33)20-4-2-19(3-5-20)27(30)31/h2-5,17-18H,6-15H2,1H3,(H,24,28). The van der Waals surface area contributed by atoms with Crippen molar-refractivity contribution >= 4 is 27.5 Å². The van der Waals surface area contributed by atoms with Crippen molar-refractivity contribution in [1.29, 1.82) is 0 Å². The maximum Gasteiger partial charge on any atom is 0.269 e. The number of nitrogens with one attached hydrogen (secondary N) is 1. The van der Waals surface area contributed by atoms with Gasteiger partial charge < -0.3 is 10.2 Å². The molecule has 0 aromatic heterocycles. The monoisotopic (exact) mass is 490 g/mol. The first-order chi connectivity index (χ1) is 16.0.